The molecule has 0 aliphatic carbocycles. The number of ether oxygens (including phenoxy) is 1. The molecule has 0 aromatic rings. The minimum atomic E-state index is 0.125. The van der Waals surface area contributed by atoms with E-state index in [4.69, 9.17) is 4.74 Å². The SMILES string of the molecule is CCC(=O)N(CC)C[C@H](C)OC. The smallest absolute Gasteiger partial charge is 0.222 e. The zero-order chi connectivity index (χ0) is 9.56. The monoisotopic (exact) mass is 173 g/mol. The number of methoxy groups -OCH3 is 1. The number of likely N-dealkylation sites (N-methyl/N-ethyl adjacent to an activating group) is 1. The van der Waals surface area contributed by atoms with Crippen molar-refractivity contribution in [3.63, 3.8) is 0 Å². The van der Waals surface area contributed by atoms with E-state index in [9.17, 15) is 4.79 Å². The van der Waals surface area contributed by atoms with Crippen LogP contribution in [0.15, 0.2) is 0 Å². The fourth-order valence-electron chi connectivity index (χ4n) is 1.02. The van der Waals surface area contributed by atoms with Crippen LogP contribution in [0, 0.1) is 0 Å². The predicted molar refractivity (Wildman–Crippen MR) is 49.0 cm³/mol. The van der Waals surface area contributed by atoms with E-state index >= 15 is 0 Å². The molecule has 0 bridgehead atoms. The molecule has 0 aromatic heterocycles. The van der Waals surface area contributed by atoms with Crippen molar-refractivity contribution >= 4 is 5.91 Å². The predicted octanol–water partition coefficient (Wildman–Crippen LogP) is 1.28. The van der Waals surface area contributed by atoms with Gasteiger partial charge in [0.05, 0.1) is 6.10 Å². The number of carbonyl (C=O) groups is 1. The lowest BCUT2D eigenvalue weighted by Crippen LogP contribution is -2.36. The van der Waals surface area contributed by atoms with Gasteiger partial charge >= 0.3 is 0 Å². The third kappa shape index (κ3) is 3.72. The Kier molecular flexibility index (Phi) is 5.72. The Hall–Kier alpha value is -0.570. The maximum Gasteiger partial charge on any atom is 0.222 e. The molecule has 3 nitrogen and oxygen atoms in total. The van der Waals surface area contributed by atoms with Crippen LogP contribution in [0.3, 0.4) is 0 Å². The van der Waals surface area contributed by atoms with Crippen LogP contribution in [0.1, 0.15) is 27.2 Å². The molecule has 0 fully saturated rings. The Bertz CT molecular complexity index is 136. The van der Waals surface area contributed by atoms with Crippen LogP contribution in [0.5, 0.6) is 0 Å². The van der Waals surface area contributed by atoms with Gasteiger partial charge in [-0.15, -0.1) is 0 Å². The molecule has 0 saturated carbocycles. The van der Waals surface area contributed by atoms with E-state index in [1.54, 1.807) is 7.11 Å². The maximum absolute atomic E-state index is 11.3. The van der Waals surface area contributed by atoms with Crippen LogP contribution >= 0.6 is 0 Å². The third-order valence-electron chi connectivity index (χ3n) is 1.92. The lowest BCUT2D eigenvalue weighted by Gasteiger charge is -2.23. The van der Waals surface area contributed by atoms with E-state index in [0.717, 1.165) is 6.54 Å². The molecular weight excluding hydrogens is 154 g/mol. The van der Waals surface area contributed by atoms with E-state index in [-0.39, 0.29) is 12.0 Å². The van der Waals surface area contributed by atoms with E-state index < -0.39 is 0 Å². The summed E-state index contributed by atoms with van der Waals surface area (Å²) in [4.78, 5) is 13.1. The maximum atomic E-state index is 11.3. The molecule has 12 heavy (non-hydrogen) atoms. The van der Waals surface area contributed by atoms with Crippen LogP contribution in [0.2, 0.25) is 0 Å². The van der Waals surface area contributed by atoms with Crippen molar-refractivity contribution in [2.45, 2.75) is 33.3 Å². The summed E-state index contributed by atoms with van der Waals surface area (Å²) in [5.74, 6) is 0.196. The summed E-state index contributed by atoms with van der Waals surface area (Å²) in [6.07, 6.45) is 0.699. The van der Waals surface area contributed by atoms with Gasteiger partial charge in [0.15, 0.2) is 0 Å². The van der Waals surface area contributed by atoms with Crippen molar-refractivity contribution in [3.05, 3.63) is 0 Å². The van der Waals surface area contributed by atoms with Gasteiger partial charge in [0, 0.05) is 26.6 Å². The Balaban J connectivity index is 3.90. The first kappa shape index (κ1) is 11.4. The second-order valence-corrected chi connectivity index (χ2v) is 2.83. The molecule has 0 aromatic carbocycles. The van der Waals surface area contributed by atoms with Gasteiger partial charge in [-0.2, -0.15) is 0 Å². The van der Waals surface area contributed by atoms with Crippen LogP contribution in [0.4, 0.5) is 0 Å². The Morgan fingerprint density at radius 1 is 1.50 bits per heavy atom. The molecule has 1 amide bonds. The lowest BCUT2D eigenvalue weighted by atomic mass is 10.3. The Morgan fingerprint density at radius 2 is 2.08 bits per heavy atom. The van der Waals surface area contributed by atoms with Gasteiger partial charge in [0.25, 0.3) is 0 Å². The molecule has 0 radical (unpaired) electrons. The summed E-state index contributed by atoms with van der Waals surface area (Å²) in [6, 6.07) is 0. The molecule has 1 atom stereocenters. The fraction of sp³-hybridized carbons (Fsp3) is 0.889. The number of amides is 1. The normalized spacial score (nSPS) is 12.7. The van der Waals surface area contributed by atoms with Crippen molar-refractivity contribution < 1.29 is 9.53 Å². The van der Waals surface area contributed by atoms with Crippen LogP contribution in [-0.4, -0.2) is 37.1 Å². The second-order valence-electron chi connectivity index (χ2n) is 2.83. The molecule has 0 rings (SSSR count). The molecule has 0 unspecified atom stereocenters. The van der Waals surface area contributed by atoms with E-state index in [0.29, 0.717) is 13.0 Å². The fourth-order valence-corrected chi connectivity index (χ4v) is 1.02. The summed E-state index contributed by atoms with van der Waals surface area (Å²) in [7, 11) is 1.66. The number of carbonyl (C=O) groups excluding carboxylic acids is 1. The quantitative estimate of drug-likeness (QED) is 0.626. The number of nitrogens with zero attached hydrogens (tertiary/aromatic N) is 1. The molecule has 0 aliphatic heterocycles. The highest BCUT2D eigenvalue weighted by atomic mass is 16.5. The molecule has 72 valence electrons. The van der Waals surface area contributed by atoms with Crippen molar-refractivity contribution in [1.82, 2.24) is 4.90 Å². The molecule has 0 heterocycles. The summed E-state index contributed by atoms with van der Waals surface area (Å²) in [6.45, 7) is 7.28. The van der Waals surface area contributed by atoms with E-state index in [1.807, 2.05) is 25.7 Å². The van der Waals surface area contributed by atoms with Gasteiger partial charge in [-0.3, -0.25) is 4.79 Å². The topological polar surface area (TPSA) is 29.5 Å². The standard InChI is InChI=1S/C9H19NO2/c1-5-9(11)10(6-2)7-8(3)12-4/h8H,5-7H2,1-4H3/t8-/m0/s1. The number of hydrogen-bond donors (Lipinski definition) is 0. The second kappa shape index (κ2) is 6.00. The summed E-state index contributed by atoms with van der Waals surface area (Å²) < 4.78 is 5.08. The zero-order valence-electron chi connectivity index (χ0n) is 8.46. The van der Waals surface area contributed by atoms with Crippen molar-refractivity contribution in [2.24, 2.45) is 0 Å². The van der Waals surface area contributed by atoms with Crippen LogP contribution < -0.4 is 0 Å². The zero-order valence-corrected chi connectivity index (χ0v) is 8.46. The largest absolute Gasteiger partial charge is 0.380 e. The molecule has 0 spiro atoms. The summed E-state index contributed by atoms with van der Waals surface area (Å²) in [5.41, 5.74) is 0. The molecule has 0 aliphatic rings. The van der Waals surface area contributed by atoms with Crippen LogP contribution in [-0.2, 0) is 9.53 Å². The van der Waals surface area contributed by atoms with Crippen molar-refractivity contribution in [2.75, 3.05) is 20.2 Å². The summed E-state index contributed by atoms with van der Waals surface area (Å²) in [5, 5.41) is 0. The first-order valence-electron chi connectivity index (χ1n) is 4.46. The van der Waals surface area contributed by atoms with Gasteiger partial charge in [0.1, 0.15) is 0 Å². The number of rotatable bonds is 5. The highest BCUT2D eigenvalue weighted by Crippen LogP contribution is 1.98. The minimum Gasteiger partial charge on any atom is -0.380 e. The first-order valence-corrected chi connectivity index (χ1v) is 4.46. The van der Waals surface area contributed by atoms with E-state index in [2.05, 4.69) is 0 Å². The van der Waals surface area contributed by atoms with Crippen molar-refractivity contribution in [3.8, 4) is 0 Å². The average molecular weight is 173 g/mol. The van der Waals surface area contributed by atoms with Gasteiger partial charge < -0.3 is 9.64 Å². The Labute approximate surface area is 74.7 Å². The van der Waals surface area contributed by atoms with Gasteiger partial charge in [0.2, 0.25) is 5.91 Å². The van der Waals surface area contributed by atoms with Crippen molar-refractivity contribution in [1.29, 1.82) is 0 Å². The first-order chi connectivity index (χ1) is 5.65. The highest BCUT2D eigenvalue weighted by Gasteiger charge is 2.11. The lowest BCUT2D eigenvalue weighted by molar-refractivity contribution is -0.132. The van der Waals surface area contributed by atoms with Crippen LogP contribution in [0.25, 0.3) is 0 Å². The molecule has 0 N–H and O–H groups in total. The molecule has 3 heteroatoms. The third-order valence-corrected chi connectivity index (χ3v) is 1.92. The minimum absolute atomic E-state index is 0.125. The van der Waals surface area contributed by atoms with Gasteiger partial charge in [-0.25, -0.2) is 0 Å². The highest BCUT2D eigenvalue weighted by molar-refractivity contribution is 5.75. The molecule has 0 saturated heterocycles. The number of hydrogen-bond acceptors (Lipinski definition) is 2. The van der Waals surface area contributed by atoms with Gasteiger partial charge in [-0.1, -0.05) is 6.92 Å². The summed E-state index contributed by atoms with van der Waals surface area (Å²) >= 11 is 0. The average Bonchev–Trinajstić information content (AvgIpc) is 2.12. The molecular formula is C9H19NO2. The Morgan fingerprint density at radius 3 is 2.42 bits per heavy atom. The van der Waals surface area contributed by atoms with E-state index in [1.165, 1.54) is 0 Å². The van der Waals surface area contributed by atoms with Gasteiger partial charge in [-0.05, 0) is 13.8 Å².